The van der Waals surface area contributed by atoms with Crippen LogP contribution in [0.4, 0.5) is 5.00 Å². The van der Waals surface area contributed by atoms with E-state index in [1.54, 1.807) is 38.1 Å². The quantitative estimate of drug-likeness (QED) is 0.412. The molecule has 1 aromatic heterocycles. The normalized spacial score (nSPS) is 11.2. The van der Waals surface area contributed by atoms with Crippen molar-refractivity contribution in [3.05, 3.63) is 69.1 Å². The molecule has 168 valence electrons. The molecule has 2 aromatic carbocycles. The van der Waals surface area contributed by atoms with Crippen LogP contribution in [-0.2, 0) is 9.53 Å². The summed E-state index contributed by atoms with van der Waals surface area (Å²) in [6.45, 7) is 9.28. The van der Waals surface area contributed by atoms with Gasteiger partial charge in [0.05, 0.1) is 7.11 Å². The van der Waals surface area contributed by atoms with E-state index < -0.39 is 11.6 Å². The maximum absolute atomic E-state index is 13.1. The van der Waals surface area contributed by atoms with E-state index in [9.17, 15) is 9.59 Å². The van der Waals surface area contributed by atoms with Crippen molar-refractivity contribution < 1.29 is 19.1 Å². The van der Waals surface area contributed by atoms with E-state index in [1.807, 2.05) is 32.9 Å². The zero-order chi connectivity index (χ0) is 23.6. The van der Waals surface area contributed by atoms with E-state index in [0.29, 0.717) is 21.3 Å². The highest BCUT2D eigenvalue weighted by Gasteiger charge is 2.33. The number of rotatable bonds is 6. The molecular weight excluding hydrogens is 446 g/mol. The molecule has 0 spiro atoms. The van der Waals surface area contributed by atoms with Gasteiger partial charge in [-0.05, 0) is 70.0 Å². The van der Waals surface area contributed by atoms with Crippen molar-refractivity contribution in [1.29, 1.82) is 0 Å². The van der Waals surface area contributed by atoms with Gasteiger partial charge in [-0.2, -0.15) is 0 Å². The molecule has 0 saturated carbocycles. The van der Waals surface area contributed by atoms with Crippen molar-refractivity contribution >= 4 is 39.8 Å². The Hall–Kier alpha value is -2.83. The lowest BCUT2D eigenvalue weighted by atomic mass is 9.95. The summed E-state index contributed by atoms with van der Waals surface area (Å²) in [7, 11) is 1.33. The molecule has 3 rings (SSSR count). The van der Waals surface area contributed by atoms with Gasteiger partial charge in [0, 0.05) is 15.5 Å². The minimum atomic E-state index is -1.20. The highest BCUT2D eigenvalue weighted by Crippen LogP contribution is 2.42. The van der Waals surface area contributed by atoms with Gasteiger partial charge in [-0.25, -0.2) is 4.79 Å². The van der Waals surface area contributed by atoms with Gasteiger partial charge in [-0.15, -0.1) is 11.3 Å². The van der Waals surface area contributed by atoms with Crippen LogP contribution in [0.1, 0.15) is 40.2 Å². The van der Waals surface area contributed by atoms with Crippen LogP contribution in [0.15, 0.2) is 42.5 Å². The van der Waals surface area contributed by atoms with Gasteiger partial charge in [0.25, 0.3) is 5.91 Å². The monoisotopic (exact) mass is 471 g/mol. The Morgan fingerprint density at radius 2 is 1.69 bits per heavy atom. The molecule has 0 radical (unpaired) electrons. The Kier molecular flexibility index (Phi) is 6.96. The second-order valence-corrected chi connectivity index (χ2v) is 9.73. The second kappa shape index (κ2) is 9.35. The number of thiophene rings is 1. The Morgan fingerprint density at radius 3 is 2.28 bits per heavy atom. The molecular formula is C25H26ClNO4S. The van der Waals surface area contributed by atoms with Crippen molar-refractivity contribution in [3.8, 4) is 16.9 Å². The minimum Gasteiger partial charge on any atom is -0.478 e. The number of ether oxygens (including phenoxy) is 2. The number of hydrogen-bond acceptors (Lipinski definition) is 5. The van der Waals surface area contributed by atoms with E-state index >= 15 is 0 Å². The van der Waals surface area contributed by atoms with Crippen LogP contribution >= 0.6 is 22.9 Å². The van der Waals surface area contributed by atoms with Crippen molar-refractivity contribution in [2.45, 2.75) is 40.2 Å². The summed E-state index contributed by atoms with van der Waals surface area (Å²) in [5.41, 5.74) is 3.03. The van der Waals surface area contributed by atoms with E-state index in [-0.39, 0.29) is 5.91 Å². The third kappa shape index (κ3) is 4.97. The first-order valence-electron chi connectivity index (χ1n) is 10.1. The number of carbonyl (C=O) groups excluding carboxylic acids is 2. The Labute approximate surface area is 197 Å². The summed E-state index contributed by atoms with van der Waals surface area (Å²) in [6.07, 6.45) is 0. The smallest absolute Gasteiger partial charge is 0.341 e. The van der Waals surface area contributed by atoms with E-state index in [2.05, 4.69) is 11.4 Å². The number of anilines is 1. The predicted octanol–water partition coefficient (Wildman–Crippen LogP) is 6.58. The molecule has 1 N–H and O–H groups in total. The Balaban J connectivity index is 1.98. The van der Waals surface area contributed by atoms with Crippen molar-refractivity contribution in [1.82, 2.24) is 0 Å². The van der Waals surface area contributed by atoms with Crippen molar-refractivity contribution in [2.75, 3.05) is 12.4 Å². The number of nitrogens with one attached hydrogen (secondary N) is 1. The molecule has 0 atom stereocenters. The van der Waals surface area contributed by atoms with Gasteiger partial charge < -0.3 is 14.8 Å². The molecule has 0 saturated heterocycles. The number of methoxy groups -OCH3 is 1. The maximum atomic E-state index is 13.1. The van der Waals surface area contributed by atoms with Gasteiger partial charge in [-0.1, -0.05) is 35.4 Å². The highest BCUT2D eigenvalue weighted by atomic mass is 35.5. The number of hydrogen-bond donors (Lipinski definition) is 1. The van der Waals surface area contributed by atoms with Crippen LogP contribution in [-0.4, -0.2) is 24.6 Å². The number of aryl methyl sites for hydroxylation is 3. The van der Waals surface area contributed by atoms with E-state index in [4.69, 9.17) is 21.1 Å². The SMILES string of the molecule is COC(=O)c1c(NC(=O)C(C)(C)Oc2ccc(Cl)cc2)sc(C)c1-c1ccc(C)cc1C. The molecule has 32 heavy (non-hydrogen) atoms. The summed E-state index contributed by atoms with van der Waals surface area (Å²) >= 11 is 7.26. The lowest BCUT2D eigenvalue weighted by Crippen LogP contribution is -2.42. The summed E-state index contributed by atoms with van der Waals surface area (Å²) in [5.74, 6) is -0.372. The number of carbonyl (C=O) groups is 2. The molecule has 1 heterocycles. The summed E-state index contributed by atoms with van der Waals surface area (Å²) in [6, 6.07) is 12.8. The molecule has 0 fully saturated rings. The van der Waals surface area contributed by atoms with Crippen molar-refractivity contribution in [3.63, 3.8) is 0 Å². The van der Waals surface area contributed by atoms with Crippen molar-refractivity contribution in [2.24, 2.45) is 0 Å². The molecule has 3 aromatic rings. The first kappa shape index (κ1) is 23.8. The summed E-state index contributed by atoms with van der Waals surface area (Å²) < 4.78 is 11.0. The van der Waals surface area contributed by atoms with Crippen LogP contribution in [0.3, 0.4) is 0 Å². The summed E-state index contributed by atoms with van der Waals surface area (Å²) in [4.78, 5) is 26.8. The second-order valence-electron chi connectivity index (χ2n) is 8.07. The third-order valence-electron chi connectivity index (χ3n) is 5.09. The Bertz CT molecular complexity index is 1170. The Morgan fingerprint density at radius 1 is 1.03 bits per heavy atom. The van der Waals surface area contributed by atoms with Gasteiger partial charge in [-0.3, -0.25) is 4.79 Å². The zero-order valence-corrected chi connectivity index (χ0v) is 20.5. The average Bonchev–Trinajstić information content (AvgIpc) is 3.04. The number of halogens is 1. The molecule has 0 bridgehead atoms. The predicted molar refractivity (Wildman–Crippen MR) is 130 cm³/mol. The number of amides is 1. The van der Waals surface area contributed by atoms with Gasteiger partial charge in [0.1, 0.15) is 16.3 Å². The van der Waals surface area contributed by atoms with Crippen LogP contribution in [0.5, 0.6) is 5.75 Å². The lowest BCUT2D eigenvalue weighted by Gasteiger charge is -2.25. The average molecular weight is 472 g/mol. The third-order valence-corrected chi connectivity index (χ3v) is 6.36. The van der Waals surface area contributed by atoms with Crippen LogP contribution < -0.4 is 10.1 Å². The first-order valence-corrected chi connectivity index (χ1v) is 11.3. The minimum absolute atomic E-state index is 0.345. The molecule has 0 aliphatic heterocycles. The number of esters is 1. The lowest BCUT2D eigenvalue weighted by molar-refractivity contribution is -0.128. The standard InChI is InChI=1S/C25H26ClNO4S/c1-14-7-12-19(15(2)13-14)20-16(3)32-22(21(20)23(28)30-6)27-24(29)25(4,5)31-18-10-8-17(26)9-11-18/h7-13H,1-6H3,(H,27,29). The highest BCUT2D eigenvalue weighted by molar-refractivity contribution is 7.17. The fraction of sp³-hybridized carbons (Fsp3) is 0.280. The topological polar surface area (TPSA) is 64.6 Å². The summed E-state index contributed by atoms with van der Waals surface area (Å²) in [5, 5.41) is 3.90. The maximum Gasteiger partial charge on any atom is 0.341 e. The van der Waals surface area contributed by atoms with E-state index in [0.717, 1.165) is 27.1 Å². The van der Waals surface area contributed by atoms with Crippen LogP contribution in [0.2, 0.25) is 5.02 Å². The molecule has 7 heteroatoms. The van der Waals surface area contributed by atoms with Crippen LogP contribution in [0.25, 0.3) is 11.1 Å². The van der Waals surface area contributed by atoms with E-state index in [1.165, 1.54) is 18.4 Å². The molecule has 1 amide bonds. The fourth-order valence-corrected chi connectivity index (χ4v) is 4.62. The molecule has 5 nitrogen and oxygen atoms in total. The molecule has 0 aliphatic rings. The van der Waals surface area contributed by atoms with Crippen LogP contribution in [0, 0.1) is 20.8 Å². The zero-order valence-electron chi connectivity index (χ0n) is 19.0. The molecule has 0 aliphatic carbocycles. The van der Waals surface area contributed by atoms with Gasteiger partial charge in [0.15, 0.2) is 5.60 Å². The van der Waals surface area contributed by atoms with Gasteiger partial charge in [0.2, 0.25) is 0 Å². The first-order chi connectivity index (χ1) is 15.0. The largest absolute Gasteiger partial charge is 0.478 e. The molecule has 0 unspecified atom stereocenters. The number of benzene rings is 2. The fourth-order valence-electron chi connectivity index (χ4n) is 3.45. The van der Waals surface area contributed by atoms with Gasteiger partial charge >= 0.3 is 5.97 Å².